The summed E-state index contributed by atoms with van der Waals surface area (Å²) in [6.07, 6.45) is 4.22. The van der Waals surface area contributed by atoms with Gasteiger partial charge in [-0.15, -0.1) is 0 Å². The fraction of sp³-hybridized carbons (Fsp3) is 0.583. The zero-order chi connectivity index (χ0) is 14.5. The molecule has 2 heterocycles. The summed E-state index contributed by atoms with van der Waals surface area (Å²) in [6, 6.07) is 1.20. The normalized spacial score (nSPS) is 18.9. The average Bonchev–Trinajstić information content (AvgIpc) is 2.43. The van der Waals surface area contributed by atoms with E-state index in [1.807, 2.05) is 0 Å². The van der Waals surface area contributed by atoms with Crippen LogP contribution in [0.4, 0.5) is 5.69 Å². The zero-order valence-corrected chi connectivity index (χ0v) is 12.4. The number of hydrogen-bond acceptors (Lipinski definition) is 5. The third kappa shape index (κ3) is 3.87. The van der Waals surface area contributed by atoms with Crippen LogP contribution in [-0.4, -0.2) is 29.0 Å². The van der Waals surface area contributed by atoms with Crippen molar-refractivity contribution >= 4 is 21.6 Å². The molecule has 1 saturated heterocycles. The molecule has 0 aliphatic carbocycles. The highest BCUT2D eigenvalue weighted by Gasteiger charge is 2.17. The van der Waals surface area contributed by atoms with Crippen molar-refractivity contribution in [3.8, 4) is 0 Å². The van der Waals surface area contributed by atoms with Gasteiger partial charge in [0.25, 0.3) is 0 Å². The molecule has 1 atom stereocenters. The van der Waals surface area contributed by atoms with E-state index in [0.29, 0.717) is 11.1 Å². The monoisotopic (exact) mass is 346 g/mol. The predicted molar refractivity (Wildman–Crippen MR) is 74.6 cm³/mol. The van der Waals surface area contributed by atoms with Gasteiger partial charge < -0.3 is 14.0 Å². The Labute approximate surface area is 123 Å². The summed E-state index contributed by atoms with van der Waals surface area (Å²) in [4.78, 5) is 21.9. The molecular formula is C12H15BrN2O5. The first-order valence-corrected chi connectivity index (χ1v) is 7.15. The van der Waals surface area contributed by atoms with Crippen LogP contribution in [0.2, 0.25) is 0 Å². The second-order valence-electron chi connectivity index (χ2n) is 4.47. The summed E-state index contributed by atoms with van der Waals surface area (Å²) in [5.41, 5.74) is -1.08. The van der Waals surface area contributed by atoms with Crippen molar-refractivity contribution < 1.29 is 14.4 Å². The molecule has 8 heteroatoms. The summed E-state index contributed by atoms with van der Waals surface area (Å²) < 4.78 is 12.7. The van der Waals surface area contributed by atoms with Crippen LogP contribution in [0.15, 0.2) is 21.5 Å². The van der Waals surface area contributed by atoms with Gasteiger partial charge in [0.15, 0.2) is 6.29 Å². The maximum atomic E-state index is 11.9. The molecule has 0 spiro atoms. The second kappa shape index (κ2) is 6.96. The fourth-order valence-electron chi connectivity index (χ4n) is 2.01. The molecule has 0 amide bonds. The van der Waals surface area contributed by atoms with Gasteiger partial charge in [0.2, 0.25) is 0 Å². The average molecular weight is 347 g/mol. The molecule has 1 fully saturated rings. The molecule has 0 bridgehead atoms. The van der Waals surface area contributed by atoms with Gasteiger partial charge in [-0.2, -0.15) is 0 Å². The number of pyridine rings is 1. The van der Waals surface area contributed by atoms with Crippen molar-refractivity contribution in [2.45, 2.75) is 32.1 Å². The number of nitrogens with zero attached hydrogens (tertiary/aromatic N) is 2. The molecule has 0 aromatic carbocycles. The van der Waals surface area contributed by atoms with Gasteiger partial charge in [-0.3, -0.25) is 14.9 Å². The Hall–Kier alpha value is -1.25. The summed E-state index contributed by atoms with van der Waals surface area (Å²) in [5.74, 6) is 0. The van der Waals surface area contributed by atoms with E-state index in [2.05, 4.69) is 15.9 Å². The Kier molecular flexibility index (Phi) is 5.27. The minimum atomic E-state index is -0.686. The molecule has 0 saturated carbocycles. The van der Waals surface area contributed by atoms with Crippen molar-refractivity contribution in [2.75, 3.05) is 13.2 Å². The highest BCUT2D eigenvalue weighted by atomic mass is 79.9. The Morgan fingerprint density at radius 3 is 3.00 bits per heavy atom. The van der Waals surface area contributed by atoms with E-state index in [-0.39, 0.29) is 19.4 Å². The van der Waals surface area contributed by atoms with Crippen LogP contribution in [0, 0.1) is 10.1 Å². The molecule has 1 aromatic rings. The summed E-state index contributed by atoms with van der Waals surface area (Å²) in [7, 11) is 0. The first kappa shape index (κ1) is 15.1. The smallest absolute Gasteiger partial charge is 0.335 e. The molecule has 1 aromatic heterocycles. The van der Waals surface area contributed by atoms with Gasteiger partial charge in [-0.25, -0.2) is 0 Å². The van der Waals surface area contributed by atoms with Crippen LogP contribution in [0.3, 0.4) is 0 Å². The van der Waals surface area contributed by atoms with Gasteiger partial charge in [0.1, 0.15) is 0 Å². The van der Waals surface area contributed by atoms with Crippen LogP contribution >= 0.6 is 15.9 Å². The van der Waals surface area contributed by atoms with E-state index in [9.17, 15) is 14.9 Å². The van der Waals surface area contributed by atoms with Crippen LogP contribution < -0.4 is 5.56 Å². The number of ether oxygens (including phenoxy) is 2. The van der Waals surface area contributed by atoms with E-state index < -0.39 is 16.2 Å². The first-order chi connectivity index (χ1) is 9.58. The predicted octanol–water partition coefficient (Wildman–Crippen LogP) is 2.06. The lowest BCUT2D eigenvalue weighted by molar-refractivity contribution is -0.386. The van der Waals surface area contributed by atoms with Gasteiger partial charge in [0.05, 0.1) is 11.5 Å². The van der Waals surface area contributed by atoms with E-state index in [1.54, 1.807) is 0 Å². The molecule has 110 valence electrons. The third-order valence-electron chi connectivity index (χ3n) is 3.00. The van der Waals surface area contributed by atoms with Crippen molar-refractivity contribution in [2.24, 2.45) is 0 Å². The maximum Gasteiger partial charge on any atom is 0.335 e. The van der Waals surface area contributed by atoms with E-state index in [0.717, 1.165) is 19.3 Å². The lowest BCUT2D eigenvalue weighted by Crippen LogP contribution is -2.27. The van der Waals surface area contributed by atoms with Crippen molar-refractivity contribution in [3.63, 3.8) is 0 Å². The molecule has 20 heavy (non-hydrogen) atoms. The van der Waals surface area contributed by atoms with Crippen molar-refractivity contribution in [1.82, 2.24) is 4.57 Å². The van der Waals surface area contributed by atoms with Crippen molar-refractivity contribution in [3.05, 3.63) is 37.2 Å². The van der Waals surface area contributed by atoms with Gasteiger partial charge in [-0.1, -0.05) is 0 Å². The fourth-order valence-corrected chi connectivity index (χ4v) is 2.47. The van der Waals surface area contributed by atoms with Crippen LogP contribution in [0.1, 0.15) is 19.3 Å². The standard InChI is InChI=1S/C12H15BrN2O5/c13-9-7-10(15(17)18)12(16)14(8-9)4-6-20-11-3-1-2-5-19-11/h7-8,11H,1-6H2/t11-/m1/s1. The summed E-state index contributed by atoms with van der Waals surface area (Å²) in [6.45, 7) is 1.21. The second-order valence-corrected chi connectivity index (χ2v) is 5.38. The number of aromatic nitrogens is 1. The van der Waals surface area contributed by atoms with E-state index >= 15 is 0 Å². The molecule has 0 unspecified atom stereocenters. The minimum Gasteiger partial charge on any atom is -0.353 e. The molecule has 1 aliphatic heterocycles. The summed E-state index contributed by atoms with van der Waals surface area (Å²) >= 11 is 3.15. The van der Waals surface area contributed by atoms with Crippen LogP contribution in [-0.2, 0) is 16.0 Å². The van der Waals surface area contributed by atoms with Gasteiger partial charge in [0, 0.05) is 29.9 Å². The van der Waals surface area contributed by atoms with Gasteiger partial charge in [-0.05, 0) is 35.2 Å². The minimum absolute atomic E-state index is 0.235. The lowest BCUT2D eigenvalue weighted by atomic mass is 10.2. The topological polar surface area (TPSA) is 83.6 Å². The van der Waals surface area contributed by atoms with Crippen LogP contribution in [0.5, 0.6) is 0 Å². The number of hydrogen-bond donors (Lipinski definition) is 0. The quantitative estimate of drug-likeness (QED) is 0.601. The SMILES string of the molecule is O=c1c([N+](=O)[O-])cc(Br)cn1CCO[C@@H]1CCCCO1. The number of rotatable bonds is 5. The molecule has 0 N–H and O–H groups in total. The number of halogens is 1. The summed E-state index contributed by atoms with van der Waals surface area (Å²) in [5, 5.41) is 10.8. The van der Waals surface area contributed by atoms with Gasteiger partial charge >= 0.3 is 11.2 Å². The third-order valence-corrected chi connectivity index (χ3v) is 3.44. The van der Waals surface area contributed by atoms with E-state index in [1.165, 1.54) is 16.8 Å². The Morgan fingerprint density at radius 1 is 1.55 bits per heavy atom. The highest BCUT2D eigenvalue weighted by Crippen LogP contribution is 2.15. The molecule has 0 radical (unpaired) electrons. The Morgan fingerprint density at radius 2 is 2.35 bits per heavy atom. The van der Waals surface area contributed by atoms with E-state index in [4.69, 9.17) is 9.47 Å². The number of nitro groups is 1. The first-order valence-electron chi connectivity index (χ1n) is 6.35. The molecule has 1 aliphatic rings. The largest absolute Gasteiger partial charge is 0.353 e. The van der Waals surface area contributed by atoms with Crippen LogP contribution in [0.25, 0.3) is 0 Å². The highest BCUT2D eigenvalue weighted by molar-refractivity contribution is 9.10. The molecule has 7 nitrogen and oxygen atoms in total. The molecular weight excluding hydrogens is 332 g/mol. The molecule has 2 rings (SSSR count). The lowest BCUT2D eigenvalue weighted by Gasteiger charge is -2.22. The zero-order valence-electron chi connectivity index (χ0n) is 10.8. The Balaban J connectivity index is 1.98. The van der Waals surface area contributed by atoms with Crippen molar-refractivity contribution in [1.29, 1.82) is 0 Å². The Bertz CT molecular complexity index is 539. The maximum absolute atomic E-state index is 11.9.